The molecule has 2 aromatic rings. The van der Waals surface area contributed by atoms with Gasteiger partial charge in [0.05, 0.1) is 17.1 Å². The van der Waals surface area contributed by atoms with Gasteiger partial charge in [-0.1, -0.05) is 0 Å². The van der Waals surface area contributed by atoms with Gasteiger partial charge in [0.2, 0.25) is 0 Å². The van der Waals surface area contributed by atoms with Crippen molar-refractivity contribution in [3.05, 3.63) is 34.3 Å². The molecule has 4 nitrogen and oxygen atoms in total. The van der Waals surface area contributed by atoms with Gasteiger partial charge in [0, 0.05) is 6.07 Å². The van der Waals surface area contributed by atoms with Gasteiger partial charge in [-0.15, -0.1) is 12.4 Å². The molecule has 0 radical (unpaired) electrons. The standard InChI is InChI=1S/C8H4N2O2.ClH/c9-4-5-1-2-6-7(3-5)12-8(11)10-6;/h1-3H,(H,10,11);1H. The highest BCUT2D eigenvalue weighted by atomic mass is 35.5. The van der Waals surface area contributed by atoms with Gasteiger partial charge in [0.25, 0.3) is 0 Å². The van der Waals surface area contributed by atoms with Gasteiger partial charge in [-0.25, -0.2) is 4.79 Å². The first-order chi connectivity index (χ1) is 5.79. The van der Waals surface area contributed by atoms with Gasteiger partial charge in [-0.05, 0) is 12.1 Å². The van der Waals surface area contributed by atoms with Crippen LogP contribution in [0.1, 0.15) is 5.56 Å². The monoisotopic (exact) mass is 196 g/mol. The number of aromatic amines is 1. The Morgan fingerprint density at radius 3 is 2.92 bits per heavy atom. The van der Waals surface area contributed by atoms with Crippen LogP contribution in [0.25, 0.3) is 11.1 Å². The molecule has 1 aromatic carbocycles. The van der Waals surface area contributed by atoms with Crippen molar-refractivity contribution in [1.29, 1.82) is 5.26 Å². The predicted octanol–water partition coefficient (Wildman–Crippen LogP) is 1.41. The zero-order valence-electron chi connectivity index (χ0n) is 6.40. The van der Waals surface area contributed by atoms with E-state index in [2.05, 4.69) is 4.98 Å². The summed E-state index contributed by atoms with van der Waals surface area (Å²) in [7, 11) is 0. The van der Waals surface area contributed by atoms with Gasteiger partial charge >= 0.3 is 5.76 Å². The van der Waals surface area contributed by atoms with E-state index >= 15 is 0 Å². The molecule has 0 aliphatic rings. The highest BCUT2D eigenvalue weighted by Gasteiger charge is 2.00. The zero-order valence-corrected chi connectivity index (χ0v) is 7.22. The molecule has 0 fully saturated rings. The van der Waals surface area contributed by atoms with Gasteiger partial charge < -0.3 is 4.42 Å². The molecule has 0 bridgehead atoms. The van der Waals surface area contributed by atoms with Crippen LogP contribution in [0.2, 0.25) is 0 Å². The molecule has 0 spiro atoms. The molecule has 0 amide bonds. The average Bonchev–Trinajstić information content (AvgIpc) is 2.43. The molecule has 2 rings (SSSR count). The van der Waals surface area contributed by atoms with E-state index in [9.17, 15) is 4.79 Å². The Balaban J connectivity index is 0.000000845. The Labute approximate surface area is 79.2 Å². The summed E-state index contributed by atoms with van der Waals surface area (Å²) >= 11 is 0. The fourth-order valence-corrected chi connectivity index (χ4v) is 1.01. The molecule has 66 valence electrons. The summed E-state index contributed by atoms with van der Waals surface area (Å²) in [5.41, 5.74) is 1.50. The molecule has 0 atom stereocenters. The lowest BCUT2D eigenvalue weighted by Crippen LogP contribution is -1.92. The third kappa shape index (κ3) is 1.55. The lowest BCUT2D eigenvalue weighted by Gasteiger charge is -1.85. The number of aromatic nitrogens is 1. The van der Waals surface area contributed by atoms with Gasteiger partial charge in [0.15, 0.2) is 5.58 Å². The van der Waals surface area contributed by atoms with E-state index in [4.69, 9.17) is 9.68 Å². The van der Waals surface area contributed by atoms with Gasteiger partial charge in [-0.2, -0.15) is 5.26 Å². The molecule has 13 heavy (non-hydrogen) atoms. The molecule has 0 saturated carbocycles. The number of nitrogens with zero attached hydrogens (tertiary/aromatic N) is 1. The van der Waals surface area contributed by atoms with E-state index in [-0.39, 0.29) is 12.4 Å². The number of halogens is 1. The summed E-state index contributed by atoms with van der Waals surface area (Å²) in [6, 6.07) is 6.73. The first kappa shape index (κ1) is 9.36. The van der Waals surface area contributed by atoms with E-state index in [0.29, 0.717) is 16.7 Å². The minimum atomic E-state index is -0.500. The van der Waals surface area contributed by atoms with Crippen molar-refractivity contribution in [2.24, 2.45) is 0 Å². The van der Waals surface area contributed by atoms with Crippen molar-refractivity contribution >= 4 is 23.5 Å². The average molecular weight is 197 g/mol. The zero-order chi connectivity index (χ0) is 8.55. The minimum Gasteiger partial charge on any atom is -0.408 e. The van der Waals surface area contributed by atoms with Crippen LogP contribution >= 0.6 is 12.4 Å². The normalized spacial score (nSPS) is 9.15. The Bertz CT molecular complexity index is 521. The molecule has 0 unspecified atom stereocenters. The summed E-state index contributed by atoms with van der Waals surface area (Å²) in [4.78, 5) is 13.2. The van der Waals surface area contributed by atoms with E-state index in [0.717, 1.165) is 0 Å². The highest BCUT2D eigenvalue weighted by Crippen LogP contribution is 2.10. The first-order valence-corrected chi connectivity index (χ1v) is 3.32. The third-order valence-corrected chi connectivity index (χ3v) is 1.55. The molecule has 0 aliphatic carbocycles. The van der Waals surface area contributed by atoms with Crippen LogP contribution in [-0.2, 0) is 0 Å². The Morgan fingerprint density at radius 2 is 2.23 bits per heavy atom. The van der Waals surface area contributed by atoms with E-state index < -0.39 is 5.76 Å². The largest absolute Gasteiger partial charge is 0.417 e. The molecular weight excluding hydrogens is 192 g/mol. The topological polar surface area (TPSA) is 69.8 Å². The second-order valence-electron chi connectivity index (χ2n) is 2.34. The molecular formula is C8H5ClN2O2. The maximum atomic E-state index is 10.7. The van der Waals surface area contributed by atoms with Crippen LogP contribution in [0, 0.1) is 11.3 Å². The summed E-state index contributed by atoms with van der Waals surface area (Å²) in [5.74, 6) is -0.500. The summed E-state index contributed by atoms with van der Waals surface area (Å²) in [5, 5.41) is 8.52. The number of H-pyrrole nitrogens is 1. The summed E-state index contributed by atoms with van der Waals surface area (Å²) < 4.78 is 4.75. The lowest BCUT2D eigenvalue weighted by molar-refractivity contribution is 0.555. The number of benzene rings is 1. The van der Waals surface area contributed by atoms with Crippen LogP contribution in [0.4, 0.5) is 0 Å². The Morgan fingerprint density at radius 1 is 1.46 bits per heavy atom. The van der Waals surface area contributed by atoms with Crippen LogP contribution in [0.3, 0.4) is 0 Å². The molecule has 1 heterocycles. The van der Waals surface area contributed by atoms with Gasteiger partial charge in [-0.3, -0.25) is 4.98 Å². The third-order valence-electron chi connectivity index (χ3n) is 1.55. The SMILES string of the molecule is Cl.N#Cc1ccc2[nH]c(=O)oc2c1. The van der Waals surface area contributed by atoms with Gasteiger partial charge in [0.1, 0.15) is 0 Å². The number of hydrogen-bond donors (Lipinski definition) is 1. The summed E-state index contributed by atoms with van der Waals surface area (Å²) in [6.07, 6.45) is 0. The molecule has 1 N–H and O–H groups in total. The molecule has 0 aliphatic heterocycles. The number of nitriles is 1. The Hall–Kier alpha value is -1.73. The molecule has 5 heteroatoms. The van der Waals surface area contributed by atoms with Crippen molar-refractivity contribution in [1.82, 2.24) is 4.98 Å². The number of hydrogen-bond acceptors (Lipinski definition) is 3. The Kier molecular flexibility index (Phi) is 2.40. The molecule has 0 saturated heterocycles. The lowest BCUT2D eigenvalue weighted by atomic mass is 10.2. The van der Waals surface area contributed by atoms with Crippen LogP contribution in [0.15, 0.2) is 27.4 Å². The van der Waals surface area contributed by atoms with Crippen LogP contribution < -0.4 is 5.76 Å². The van der Waals surface area contributed by atoms with Crippen LogP contribution in [0.5, 0.6) is 0 Å². The second kappa shape index (κ2) is 3.33. The van der Waals surface area contributed by atoms with E-state index in [1.54, 1.807) is 12.1 Å². The minimum absolute atomic E-state index is 0. The quantitative estimate of drug-likeness (QED) is 0.693. The number of rotatable bonds is 0. The van der Waals surface area contributed by atoms with Crippen molar-refractivity contribution in [2.75, 3.05) is 0 Å². The van der Waals surface area contributed by atoms with E-state index in [1.807, 2.05) is 6.07 Å². The first-order valence-electron chi connectivity index (χ1n) is 3.32. The number of nitrogens with one attached hydrogen (secondary N) is 1. The van der Waals surface area contributed by atoms with Crippen molar-refractivity contribution in [3.63, 3.8) is 0 Å². The fourth-order valence-electron chi connectivity index (χ4n) is 1.01. The number of fused-ring (bicyclic) bond motifs is 1. The number of oxazole rings is 1. The van der Waals surface area contributed by atoms with Crippen molar-refractivity contribution in [3.8, 4) is 6.07 Å². The summed E-state index contributed by atoms with van der Waals surface area (Å²) in [6.45, 7) is 0. The van der Waals surface area contributed by atoms with Crippen LogP contribution in [-0.4, -0.2) is 4.98 Å². The van der Waals surface area contributed by atoms with Crippen molar-refractivity contribution in [2.45, 2.75) is 0 Å². The predicted molar refractivity (Wildman–Crippen MR) is 48.8 cm³/mol. The highest BCUT2D eigenvalue weighted by molar-refractivity contribution is 5.85. The second-order valence-corrected chi connectivity index (χ2v) is 2.34. The maximum Gasteiger partial charge on any atom is 0.417 e. The maximum absolute atomic E-state index is 10.7. The fraction of sp³-hybridized carbons (Fsp3) is 0. The smallest absolute Gasteiger partial charge is 0.408 e. The molecule has 1 aromatic heterocycles. The van der Waals surface area contributed by atoms with E-state index in [1.165, 1.54) is 6.07 Å². The van der Waals surface area contributed by atoms with Crippen molar-refractivity contribution < 1.29 is 4.42 Å².